The number of halogens is 1. The minimum atomic E-state index is -1.65. The Morgan fingerprint density at radius 1 is 1.00 bits per heavy atom. The predicted octanol–water partition coefficient (Wildman–Crippen LogP) is 3.27. The SMILES string of the molecule is O=COC(F)C1c2ccccc2-c2ccccc21. The smallest absolute Gasteiger partial charge is 0.295 e. The van der Waals surface area contributed by atoms with Crippen molar-refractivity contribution in [2.24, 2.45) is 0 Å². The molecule has 90 valence electrons. The van der Waals surface area contributed by atoms with E-state index >= 15 is 0 Å². The Kier molecular flexibility index (Phi) is 2.59. The van der Waals surface area contributed by atoms with Gasteiger partial charge in [0.25, 0.3) is 12.8 Å². The number of carbonyl (C=O) groups is 1. The van der Waals surface area contributed by atoms with Crippen molar-refractivity contribution < 1.29 is 13.9 Å². The highest BCUT2D eigenvalue weighted by Gasteiger charge is 2.35. The molecule has 0 bridgehead atoms. The van der Waals surface area contributed by atoms with E-state index in [0.29, 0.717) is 0 Å². The lowest BCUT2D eigenvalue weighted by Crippen LogP contribution is -2.16. The van der Waals surface area contributed by atoms with Crippen molar-refractivity contribution in [2.45, 2.75) is 12.3 Å². The highest BCUT2D eigenvalue weighted by atomic mass is 19.1. The third-order valence-electron chi connectivity index (χ3n) is 3.33. The van der Waals surface area contributed by atoms with E-state index in [4.69, 9.17) is 0 Å². The number of fused-ring (bicyclic) bond motifs is 3. The zero-order valence-corrected chi connectivity index (χ0v) is 9.55. The Labute approximate surface area is 104 Å². The summed E-state index contributed by atoms with van der Waals surface area (Å²) in [5.41, 5.74) is 3.76. The van der Waals surface area contributed by atoms with Gasteiger partial charge < -0.3 is 4.74 Å². The lowest BCUT2D eigenvalue weighted by Gasteiger charge is -2.16. The van der Waals surface area contributed by atoms with Crippen LogP contribution >= 0.6 is 0 Å². The van der Waals surface area contributed by atoms with Crippen molar-refractivity contribution in [3.63, 3.8) is 0 Å². The number of alkyl halides is 1. The zero-order chi connectivity index (χ0) is 12.5. The number of carbonyl (C=O) groups excluding carboxylic acids is 1. The average Bonchev–Trinajstić information content (AvgIpc) is 2.73. The monoisotopic (exact) mass is 242 g/mol. The Balaban J connectivity index is 2.17. The molecule has 18 heavy (non-hydrogen) atoms. The molecule has 3 heteroatoms. The van der Waals surface area contributed by atoms with Crippen LogP contribution in [0, 0.1) is 0 Å². The largest absolute Gasteiger partial charge is 0.432 e. The highest BCUT2D eigenvalue weighted by Crippen LogP contribution is 2.46. The highest BCUT2D eigenvalue weighted by molar-refractivity contribution is 5.79. The molecule has 2 nitrogen and oxygen atoms in total. The van der Waals surface area contributed by atoms with Gasteiger partial charge in [0.2, 0.25) is 0 Å². The number of rotatable bonds is 3. The third kappa shape index (κ3) is 1.51. The normalized spacial score (nSPS) is 14.7. The first-order chi connectivity index (χ1) is 8.83. The van der Waals surface area contributed by atoms with Crippen LogP contribution in [-0.2, 0) is 9.53 Å². The van der Waals surface area contributed by atoms with E-state index in [2.05, 4.69) is 4.74 Å². The van der Waals surface area contributed by atoms with Gasteiger partial charge >= 0.3 is 0 Å². The number of ether oxygens (including phenoxy) is 1. The first-order valence-corrected chi connectivity index (χ1v) is 5.74. The summed E-state index contributed by atoms with van der Waals surface area (Å²) < 4.78 is 18.5. The molecule has 0 saturated heterocycles. The van der Waals surface area contributed by atoms with Crippen molar-refractivity contribution in [1.29, 1.82) is 0 Å². The van der Waals surface area contributed by atoms with Crippen LogP contribution in [0.25, 0.3) is 11.1 Å². The summed E-state index contributed by atoms with van der Waals surface area (Å²) in [6, 6.07) is 15.2. The summed E-state index contributed by atoms with van der Waals surface area (Å²) in [5.74, 6) is -0.525. The molecule has 0 aliphatic heterocycles. The number of hydrogen-bond acceptors (Lipinski definition) is 2. The number of benzene rings is 2. The second-order valence-electron chi connectivity index (χ2n) is 4.24. The molecule has 1 atom stereocenters. The van der Waals surface area contributed by atoms with Crippen LogP contribution in [0.5, 0.6) is 0 Å². The molecule has 1 unspecified atom stereocenters. The standard InChI is InChI=1S/C15H11FO2/c16-15(18-9-17)14-12-7-3-1-5-10(12)11-6-2-4-8-13(11)14/h1-9,14-15H. The molecule has 0 aromatic heterocycles. The molecule has 0 radical (unpaired) electrons. The third-order valence-corrected chi connectivity index (χ3v) is 3.33. The summed E-state index contributed by atoms with van der Waals surface area (Å²) in [4.78, 5) is 10.3. The summed E-state index contributed by atoms with van der Waals surface area (Å²) in [6.45, 7) is 0.161. The van der Waals surface area contributed by atoms with Gasteiger partial charge in [0.15, 0.2) is 0 Å². The lowest BCUT2D eigenvalue weighted by atomic mass is 9.97. The van der Waals surface area contributed by atoms with Gasteiger partial charge in [-0.1, -0.05) is 48.5 Å². The summed E-state index contributed by atoms with van der Waals surface area (Å²) in [6.07, 6.45) is -1.65. The van der Waals surface area contributed by atoms with E-state index < -0.39 is 12.3 Å². The van der Waals surface area contributed by atoms with E-state index in [-0.39, 0.29) is 6.47 Å². The first kappa shape index (κ1) is 11.0. The predicted molar refractivity (Wildman–Crippen MR) is 65.8 cm³/mol. The quantitative estimate of drug-likeness (QED) is 0.772. The maximum absolute atomic E-state index is 14.0. The van der Waals surface area contributed by atoms with Crippen molar-refractivity contribution in [1.82, 2.24) is 0 Å². The van der Waals surface area contributed by atoms with Crippen LogP contribution in [0.15, 0.2) is 48.5 Å². The Morgan fingerprint density at radius 3 is 2.00 bits per heavy atom. The fourth-order valence-corrected chi connectivity index (χ4v) is 2.61. The molecule has 0 spiro atoms. The minimum absolute atomic E-state index is 0.161. The summed E-state index contributed by atoms with van der Waals surface area (Å²) >= 11 is 0. The molecule has 0 heterocycles. The average molecular weight is 242 g/mol. The van der Waals surface area contributed by atoms with Gasteiger partial charge in [0, 0.05) is 0 Å². The second-order valence-corrected chi connectivity index (χ2v) is 4.24. The van der Waals surface area contributed by atoms with Crippen LogP contribution < -0.4 is 0 Å². The van der Waals surface area contributed by atoms with Gasteiger partial charge in [-0.15, -0.1) is 0 Å². The molecule has 3 rings (SSSR count). The van der Waals surface area contributed by atoms with Gasteiger partial charge in [-0.3, -0.25) is 4.79 Å². The zero-order valence-electron chi connectivity index (χ0n) is 9.55. The summed E-state index contributed by atoms with van der Waals surface area (Å²) in [5, 5.41) is 0. The molecule has 0 saturated carbocycles. The topological polar surface area (TPSA) is 26.3 Å². The molecule has 1 aliphatic carbocycles. The van der Waals surface area contributed by atoms with Crippen LogP contribution in [-0.4, -0.2) is 12.8 Å². The van der Waals surface area contributed by atoms with Gasteiger partial charge in [0.05, 0.1) is 5.92 Å². The fourth-order valence-electron chi connectivity index (χ4n) is 2.61. The molecule has 0 N–H and O–H groups in total. The molecule has 1 aliphatic rings. The molecule has 0 fully saturated rings. The minimum Gasteiger partial charge on any atom is -0.432 e. The lowest BCUT2D eigenvalue weighted by molar-refractivity contribution is -0.142. The molecule has 2 aromatic rings. The Bertz CT molecular complexity index is 549. The van der Waals surface area contributed by atoms with E-state index in [1.165, 1.54) is 0 Å². The van der Waals surface area contributed by atoms with Crippen molar-refractivity contribution in [3.05, 3.63) is 59.7 Å². The molecule has 0 amide bonds. The molecular formula is C15H11FO2. The van der Waals surface area contributed by atoms with E-state index in [1.807, 2.05) is 48.5 Å². The maximum Gasteiger partial charge on any atom is 0.295 e. The number of hydrogen-bond donors (Lipinski definition) is 0. The van der Waals surface area contributed by atoms with Crippen LogP contribution in [0.4, 0.5) is 4.39 Å². The fraction of sp³-hybridized carbons (Fsp3) is 0.133. The van der Waals surface area contributed by atoms with Crippen molar-refractivity contribution >= 4 is 6.47 Å². The van der Waals surface area contributed by atoms with Gasteiger partial charge in [-0.25, -0.2) is 4.39 Å². The van der Waals surface area contributed by atoms with E-state index in [0.717, 1.165) is 22.3 Å². The van der Waals surface area contributed by atoms with E-state index in [9.17, 15) is 9.18 Å². The maximum atomic E-state index is 14.0. The molecular weight excluding hydrogens is 231 g/mol. The van der Waals surface area contributed by atoms with E-state index in [1.54, 1.807) is 0 Å². The molecule has 2 aromatic carbocycles. The summed E-state index contributed by atoms with van der Waals surface area (Å²) in [7, 11) is 0. The van der Waals surface area contributed by atoms with Crippen molar-refractivity contribution in [2.75, 3.05) is 0 Å². The second kappa shape index (κ2) is 4.26. The Morgan fingerprint density at radius 2 is 1.50 bits per heavy atom. The van der Waals surface area contributed by atoms with Crippen LogP contribution in [0.1, 0.15) is 17.0 Å². The van der Waals surface area contributed by atoms with Crippen LogP contribution in [0.3, 0.4) is 0 Å². The first-order valence-electron chi connectivity index (χ1n) is 5.74. The van der Waals surface area contributed by atoms with Crippen molar-refractivity contribution in [3.8, 4) is 11.1 Å². The van der Waals surface area contributed by atoms with Crippen LogP contribution in [0.2, 0.25) is 0 Å². The Hall–Kier alpha value is -2.16. The van der Waals surface area contributed by atoms with Gasteiger partial charge in [-0.05, 0) is 22.3 Å². The van der Waals surface area contributed by atoms with Gasteiger partial charge in [0.1, 0.15) is 0 Å². The van der Waals surface area contributed by atoms with Gasteiger partial charge in [-0.2, -0.15) is 0 Å².